The van der Waals surface area contributed by atoms with E-state index in [1.807, 2.05) is 0 Å². The monoisotopic (exact) mass is 361 g/mol. The highest BCUT2D eigenvalue weighted by Gasteiger charge is 2.27. The van der Waals surface area contributed by atoms with Crippen LogP contribution in [-0.4, -0.2) is 80.8 Å². The zero-order valence-corrected chi connectivity index (χ0v) is 14.9. The Balaban J connectivity index is 1.69. The van der Waals surface area contributed by atoms with E-state index in [1.165, 1.54) is 4.31 Å². The van der Waals surface area contributed by atoms with Gasteiger partial charge in [-0.15, -0.1) is 0 Å². The first-order chi connectivity index (χ1) is 11.4. The number of nitrogens with one attached hydrogen (secondary N) is 1. The number of hydrogen-bond donors (Lipinski definition) is 2. The van der Waals surface area contributed by atoms with Crippen LogP contribution in [0.2, 0.25) is 0 Å². The first-order valence-electron chi connectivity index (χ1n) is 8.38. The smallest absolute Gasteiger partial charge is 0.409 e. The summed E-state index contributed by atoms with van der Waals surface area (Å²) in [5.41, 5.74) is 5.86. The molecule has 1 amide bonds. The summed E-state index contributed by atoms with van der Waals surface area (Å²) in [7, 11) is -3.08. The summed E-state index contributed by atoms with van der Waals surface area (Å²) < 4.78 is 29.8. The lowest BCUT2D eigenvalue weighted by Gasteiger charge is -2.31. The maximum atomic E-state index is 11.7. The van der Waals surface area contributed by atoms with Crippen LogP contribution in [0.4, 0.5) is 4.79 Å². The predicted octanol–water partition coefficient (Wildman–Crippen LogP) is -0.453. The second-order valence-corrected chi connectivity index (χ2v) is 8.03. The van der Waals surface area contributed by atoms with Crippen LogP contribution in [0.1, 0.15) is 26.2 Å². The fraction of sp³-hybridized carbons (Fsp3) is 0.857. The van der Waals surface area contributed by atoms with Crippen LogP contribution in [0.3, 0.4) is 0 Å². The van der Waals surface area contributed by atoms with E-state index in [2.05, 4.69) is 10.3 Å². The van der Waals surface area contributed by atoms with Crippen molar-refractivity contribution in [3.8, 4) is 0 Å². The van der Waals surface area contributed by atoms with Gasteiger partial charge in [-0.2, -0.15) is 0 Å². The second-order valence-electron chi connectivity index (χ2n) is 5.94. The molecule has 0 aromatic heterocycles. The van der Waals surface area contributed by atoms with E-state index >= 15 is 0 Å². The van der Waals surface area contributed by atoms with Gasteiger partial charge in [0.15, 0.2) is 5.96 Å². The van der Waals surface area contributed by atoms with Gasteiger partial charge in [0, 0.05) is 32.2 Å². The first kappa shape index (κ1) is 18.8. The topological polar surface area (TPSA) is 117 Å². The van der Waals surface area contributed by atoms with Crippen molar-refractivity contribution in [2.75, 3.05) is 45.1 Å². The summed E-state index contributed by atoms with van der Waals surface area (Å²) in [4.78, 5) is 17.5. The Kier molecular flexibility index (Phi) is 6.67. The molecule has 0 radical (unpaired) electrons. The lowest BCUT2D eigenvalue weighted by molar-refractivity contribution is 0.0963. The quantitative estimate of drug-likeness (QED) is 0.506. The molecule has 9 nitrogen and oxygen atoms in total. The molecule has 2 aliphatic heterocycles. The van der Waals surface area contributed by atoms with Gasteiger partial charge in [0.05, 0.1) is 18.9 Å². The van der Waals surface area contributed by atoms with Crippen molar-refractivity contribution in [1.29, 1.82) is 0 Å². The van der Waals surface area contributed by atoms with Gasteiger partial charge in [0.25, 0.3) is 0 Å². The zero-order chi connectivity index (χ0) is 17.6. The molecule has 10 heteroatoms. The van der Waals surface area contributed by atoms with Crippen molar-refractivity contribution in [3.05, 3.63) is 0 Å². The summed E-state index contributed by atoms with van der Waals surface area (Å²) in [6.07, 6.45) is 1.95. The lowest BCUT2D eigenvalue weighted by Crippen LogP contribution is -2.48. The summed E-state index contributed by atoms with van der Waals surface area (Å²) in [5, 5.41) is 3.14. The third kappa shape index (κ3) is 5.23. The molecular weight excluding hydrogens is 334 g/mol. The highest BCUT2D eigenvalue weighted by Crippen LogP contribution is 2.13. The summed E-state index contributed by atoms with van der Waals surface area (Å²) in [6, 6.07) is 0.162. The summed E-state index contributed by atoms with van der Waals surface area (Å²) in [6.45, 7) is 4.69. The second kappa shape index (κ2) is 8.52. The van der Waals surface area contributed by atoms with Crippen molar-refractivity contribution in [1.82, 2.24) is 14.5 Å². The van der Waals surface area contributed by atoms with Crippen LogP contribution >= 0.6 is 0 Å². The van der Waals surface area contributed by atoms with Crippen molar-refractivity contribution in [2.24, 2.45) is 10.7 Å². The van der Waals surface area contributed by atoms with Crippen LogP contribution in [0, 0.1) is 0 Å². The molecule has 0 saturated carbocycles. The minimum Gasteiger partial charge on any atom is -0.450 e. The van der Waals surface area contributed by atoms with Gasteiger partial charge in [-0.1, -0.05) is 0 Å². The molecule has 0 unspecified atom stereocenters. The molecule has 24 heavy (non-hydrogen) atoms. The number of aliphatic imine (C=N–C) groups is 1. The molecule has 2 aliphatic rings. The maximum Gasteiger partial charge on any atom is 0.409 e. The van der Waals surface area contributed by atoms with Gasteiger partial charge in [0.1, 0.15) is 0 Å². The highest BCUT2D eigenvalue weighted by molar-refractivity contribution is 7.89. The third-order valence-electron chi connectivity index (χ3n) is 4.21. The minimum atomic E-state index is -3.08. The molecule has 0 spiro atoms. The number of carbonyl (C=O) groups is 1. The molecule has 2 saturated heterocycles. The zero-order valence-electron chi connectivity index (χ0n) is 14.1. The molecule has 2 rings (SSSR count). The fourth-order valence-electron chi connectivity index (χ4n) is 2.90. The average molecular weight is 361 g/mol. The lowest BCUT2D eigenvalue weighted by atomic mass is 10.1. The number of guanidine groups is 1. The van der Waals surface area contributed by atoms with E-state index in [1.54, 1.807) is 11.8 Å². The summed E-state index contributed by atoms with van der Waals surface area (Å²) >= 11 is 0. The largest absolute Gasteiger partial charge is 0.450 e. The van der Waals surface area contributed by atoms with Crippen molar-refractivity contribution < 1.29 is 17.9 Å². The number of nitrogens with zero attached hydrogens (tertiary/aromatic N) is 3. The van der Waals surface area contributed by atoms with E-state index in [9.17, 15) is 13.2 Å². The van der Waals surface area contributed by atoms with E-state index < -0.39 is 10.0 Å². The number of likely N-dealkylation sites (tertiary alicyclic amines) is 1. The molecule has 0 atom stereocenters. The standard InChI is InChI=1S/C14H27N5O4S/c1-2-23-14(20)18-8-4-12(5-9-18)17-13(15)16-6-10-19-7-3-11-24(19,21)22/h12H,2-11H2,1H3,(H3,15,16,17). The Morgan fingerprint density at radius 1 is 1.33 bits per heavy atom. The van der Waals surface area contributed by atoms with E-state index in [0.29, 0.717) is 51.7 Å². The predicted molar refractivity (Wildman–Crippen MR) is 91.2 cm³/mol. The first-order valence-corrected chi connectivity index (χ1v) is 9.99. The van der Waals surface area contributed by atoms with Crippen LogP contribution in [0.5, 0.6) is 0 Å². The number of nitrogens with two attached hydrogens (primary N) is 1. The van der Waals surface area contributed by atoms with Gasteiger partial charge < -0.3 is 20.7 Å². The molecule has 138 valence electrons. The van der Waals surface area contributed by atoms with E-state index in [4.69, 9.17) is 10.5 Å². The van der Waals surface area contributed by atoms with Gasteiger partial charge in [0.2, 0.25) is 10.0 Å². The van der Waals surface area contributed by atoms with Crippen molar-refractivity contribution in [2.45, 2.75) is 32.2 Å². The third-order valence-corrected chi connectivity index (χ3v) is 6.16. The molecule has 0 aromatic rings. The van der Waals surface area contributed by atoms with E-state index in [0.717, 1.165) is 12.8 Å². The molecule has 0 bridgehead atoms. The number of ether oxygens (including phenoxy) is 1. The number of carbonyl (C=O) groups excluding carboxylic acids is 1. The summed E-state index contributed by atoms with van der Waals surface area (Å²) in [5.74, 6) is 0.546. The normalized spacial score (nSPS) is 22.5. The molecule has 0 aliphatic carbocycles. The molecule has 2 heterocycles. The fourth-order valence-corrected chi connectivity index (χ4v) is 4.42. The Morgan fingerprint density at radius 2 is 2.04 bits per heavy atom. The van der Waals surface area contributed by atoms with Crippen LogP contribution in [0.15, 0.2) is 4.99 Å². The molecule has 3 N–H and O–H groups in total. The number of piperidine rings is 1. The Bertz CT molecular complexity index is 558. The minimum absolute atomic E-state index is 0.162. The molecule has 2 fully saturated rings. The van der Waals surface area contributed by atoms with Crippen LogP contribution in [-0.2, 0) is 14.8 Å². The Morgan fingerprint density at radius 3 is 2.62 bits per heavy atom. The number of sulfonamides is 1. The number of hydrogen-bond acceptors (Lipinski definition) is 5. The Labute approximate surface area is 143 Å². The highest BCUT2D eigenvalue weighted by atomic mass is 32.2. The molecular formula is C14H27N5O4S. The Hall–Kier alpha value is -1.55. The van der Waals surface area contributed by atoms with Crippen LogP contribution < -0.4 is 11.1 Å². The van der Waals surface area contributed by atoms with Gasteiger partial charge in [-0.25, -0.2) is 17.5 Å². The maximum absolute atomic E-state index is 11.7. The van der Waals surface area contributed by atoms with E-state index in [-0.39, 0.29) is 17.9 Å². The van der Waals surface area contributed by atoms with Crippen molar-refractivity contribution in [3.63, 3.8) is 0 Å². The number of rotatable bonds is 5. The van der Waals surface area contributed by atoms with Crippen LogP contribution in [0.25, 0.3) is 0 Å². The SMILES string of the molecule is CCOC(=O)N1CCC(NC(N)=NCCN2CCCS2(=O)=O)CC1. The van der Waals surface area contributed by atoms with Gasteiger partial charge in [-0.05, 0) is 26.2 Å². The van der Waals surface area contributed by atoms with Gasteiger partial charge in [-0.3, -0.25) is 4.99 Å². The average Bonchev–Trinajstić information content (AvgIpc) is 2.87. The van der Waals surface area contributed by atoms with Crippen molar-refractivity contribution >= 4 is 22.1 Å². The van der Waals surface area contributed by atoms with Gasteiger partial charge >= 0.3 is 6.09 Å². The molecule has 0 aromatic carbocycles. The number of amides is 1.